The summed E-state index contributed by atoms with van der Waals surface area (Å²) < 4.78 is 0. The number of nitrogens with zero attached hydrogens (tertiary/aromatic N) is 1. The SMILES string of the molecule is CCC1(C(=O)N2CCCC[C@@H]2C(=O)O)CCCC1. The number of carbonyl (C=O) groups excluding carboxylic acids is 1. The van der Waals surface area contributed by atoms with Gasteiger partial charge in [0.1, 0.15) is 6.04 Å². The van der Waals surface area contributed by atoms with Crippen molar-refractivity contribution in [3.63, 3.8) is 0 Å². The second kappa shape index (κ2) is 5.29. The molecule has 1 saturated heterocycles. The van der Waals surface area contributed by atoms with Crippen molar-refractivity contribution in [1.29, 1.82) is 0 Å². The van der Waals surface area contributed by atoms with Gasteiger partial charge >= 0.3 is 5.97 Å². The molecule has 1 N–H and O–H groups in total. The maximum absolute atomic E-state index is 12.7. The van der Waals surface area contributed by atoms with Crippen LogP contribution < -0.4 is 0 Å². The summed E-state index contributed by atoms with van der Waals surface area (Å²) in [4.78, 5) is 25.7. The molecule has 1 aliphatic carbocycles. The predicted octanol–water partition coefficient (Wildman–Crippen LogP) is 2.42. The summed E-state index contributed by atoms with van der Waals surface area (Å²) in [5.41, 5.74) is -0.259. The maximum atomic E-state index is 12.7. The third kappa shape index (κ3) is 2.25. The highest BCUT2D eigenvalue weighted by atomic mass is 16.4. The molecule has 0 aromatic heterocycles. The molecule has 1 saturated carbocycles. The molecule has 4 nitrogen and oxygen atoms in total. The summed E-state index contributed by atoms with van der Waals surface area (Å²) in [6, 6.07) is -0.588. The van der Waals surface area contributed by atoms with E-state index in [1.54, 1.807) is 4.90 Å². The lowest BCUT2D eigenvalue weighted by atomic mass is 9.81. The number of carbonyl (C=O) groups is 2. The van der Waals surface area contributed by atoms with Crippen LogP contribution in [0, 0.1) is 5.41 Å². The minimum Gasteiger partial charge on any atom is -0.480 e. The van der Waals surface area contributed by atoms with Crippen LogP contribution in [0.15, 0.2) is 0 Å². The Balaban J connectivity index is 2.17. The van der Waals surface area contributed by atoms with Crippen molar-refractivity contribution < 1.29 is 14.7 Å². The molecule has 1 aliphatic heterocycles. The number of amides is 1. The molecule has 4 heteroatoms. The average Bonchev–Trinajstić information content (AvgIpc) is 2.87. The van der Waals surface area contributed by atoms with Crippen molar-refractivity contribution in [2.45, 2.75) is 64.3 Å². The van der Waals surface area contributed by atoms with Crippen LogP contribution in [0.3, 0.4) is 0 Å². The van der Waals surface area contributed by atoms with Gasteiger partial charge in [0.15, 0.2) is 0 Å². The third-order valence-electron chi connectivity index (χ3n) is 4.74. The van der Waals surface area contributed by atoms with E-state index in [4.69, 9.17) is 0 Å². The normalized spacial score (nSPS) is 27.2. The summed E-state index contributed by atoms with van der Waals surface area (Å²) in [7, 11) is 0. The van der Waals surface area contributed by atoms with Gasteiger partial charge in [-0.1, -0.05) is 19.8 Å². The van der Waals surface area contributed by atoms with Crippen LogP contribution in [0.5, 0.6) is 0 Å². The lowest BCUT2D eigenvalue weighted by molar-refractivity contribution is -0.157. The van der Waals surface area contributed by atoms with Crippen molar-refractivity contribution in [2.24, 2.45) is 5.41 Å². The summed E-state index contributed by atoms with van der Waals surface area (Å²) in [6.07, 6.45) is 7.39. The van der Waals surface area contributed by atoms with Gasteiger partial charge in [-0.2, -0.15) is 0 Å². The number of hydrogen-bond donors (Lipinski definition) is 1. The van der Waals surface area contributed by atoms with Crippen molar-refractivity contribution in [3.8, 4) is 0 Å². The van der Waals surface area contributed by atoms with E-state index in [9.17, 15) is 14.7 Å². The standard InChI is InChI=1S/C14H23NO3/c1-2-14(8-4-5-9-14)13(18)15-10-6-3-7-11(15)12(16)17/h11H,2-10H2,1H3,(H,16,17)/t11-/m1/s1. The molecule has 1 atom stereocenters. The first-order valence-corrected chi connectivity index (χ1v) is 7.14. The Morgan fingerprint density at radius 3 is 2.44 bits per heavy atom. The van der Waals surface area contributed by atoms with Gasteiger partial charge in [-0.05, 0) is 38.5 Å². The summed E-state index contributed by atoms with van der Waals surface area (Å²) in [5, 5.41) is 9.26. The molecule has 0 aromatic rings. The van der Waals surface area contributed by atoms with Crippen molar-refractivity contribution in [2.75, 3.05) is 6.54 Å². The molecule has 0 aromatic carbocycles. The van der Waals surface area contributed by atoms with Gasteiger partial charge in [0.2, 0.25) is 5.91 Å². The number of carboxylic acid groups (broad SMARTS) is 1. The number of piperidine rings is 1. The molecule has 0 radical (unpaired) electrons. The minimum absolute atomic E-state index is 0.106. The van der Waals surface area contributed by atoms with Gasteiger partial charge in [0.25, 0.3) is 0 Å². The van der Waals surface area contributed by atoms with E-state index in [0.29, 0.717) is 13.0 Å². The molecule has 1 heterocycles. The predicted molar refractivity (Wildman–Crippen MR) is 68.2 cm³/mol. The molecule has 0 bridgehead atoms. The van der Waals surface area contributed by atoms with Crippen LogP contribution in [0.25, 0.3) is 0 Å². The number of aliphatic carboxylic acids is 1. The van der Waals surface area contributed by atoms with Crippen LogP contribution >= 0.6 is 0 Å². The van der Waals surface area contributed by atoms with Crippen LogP contribution in [-0.2, 0) is 9.59 Å². The molecule has 0 spiro atoms. The van der Waals surface area contributed by atoms with Gasteiger partial charge in [-0.25, -0.2) is 4.79 Å². The third-order valence-corrected chi connectivity index (χ3v) is 4.74. The van der Waals surface area contributed by atoms with Crippen molar-refractivity contribution >= 4 is 11.9 Å². The first-order chi connectivity index (χ1) is 8.60. The van der Waals surface area contributed by atoms with E-state index in [2.05, 4.69) is 6.92 Å². The van der Waals surface area contributed by atoms with Crippen molar-refractivity contribution in [3.05, 3.63) is 0 Å². The second-order valence-electron chi connectivity index (χ2n) is 5.69. The van der Waals surface area contributed by atoms with Gasteiger partial charge in [0, 0.05) is 12.0 Å². The van der Waals surface area contributed by atoms with Crippen LogP contribution in [0.2, 0.25) is 0 Å². The number of likely N-dealkylation sites (tertiary alicyclic amines) is 1. The van der Waals surface area contributed by atoms with Crippen LogP contribution in [0.4, 0.5) is 0 Å². The highest BCUT2D eigenvalue weighted by Gasteiger charge is 2.45. The van der Waals surface area contributed by atoms with E-state index >= 15 is 0 Å². The van der Waals surface area contributed by atoms with Crippen molar-refractivity contribution in [1.82, 2.24) is 4.90 Å². The summed E-state index contributed by atoms with van der Waals surface area (Å²) in [6.45, 7) is 2.68. The van der Waals surface area contributed by atoms with Gasteiger partial charge in [-0.3, -0.25) is 4.79 Å². The van der Waals surface area contributed by atoms with Gasteiger partial charge in [0.05, 0.1) is 0 Å². The summed E-state index contributed by atoms with van der Waals surface area (Å²) >= 11 is 0. The quantitative estimate of drug-likeness (QED) is 0.840. The van der Waals surface area contributed by atoms with Crippen LogP contribution in [0.1, 0.15) is 58.3 Å². The minimum atomic E-state index is -0.840. The molecule has 0 unspecified atom stereocenters. The van der Waals surface area contributed by atoms with E-state index in [1.165, 1.54) is 0 Å². The van der Waals surface area contributed by atoms with E-state index in [0.717, 1.165) is 44.9 Å². The Morgan fingerprint density at radius 2 is 1.89 bits per heavy atom. The number of carboxylic acids is 1. The lowest BCUT2D eigenvalue weighted by Gasteiger charge is -2.39. The largest absolute Gasteiger partial charge is 0.480 e. The maximum Gasteiger partial charge on any atom is 0.326 e. The fourth-order valence-electron chi connectivity index (χ4n) is 3.51. The average molecular weight is 253 g/mol. The molecule has 2 aliphatic rings. The topological polar surface area (TPSA) is 57.6 Å². The molecule has 2 rings (SSSR count). The van der Waals surface area contributed by atoms with E-state index < -0.39 is 12.0 Å². The highest BCUT2D eigenvalue weighted by Crippen LogP contribution is 2.43. The Morgan fingerprint density at radius 1 is 1.22 bits per heavy atom. The van der Waals surface area contributed by atoms with Crippen LogP contribution in [-0.4, -0.2) is 34.5 Å². The Kier molecular flexibility index (Phi) is 3.93. The van der Waals surface area contributed by atoms with Gasteiger partial charge in [-0.15, -0.1) is 0 Å². The van der Waals surface area contributed by atoms with E-state index in [1.807, 2.05) is 0 Å². The zero-order valence-electron chi connectivity index (χ0n) is 11.2. The highest BCUT2D eigenvalue weighted by molar-refractivity contribution is 5.88. The van der Waals surface area contributed by atoms with Gasteiger partial charge < -0.3 is 10.0 Å². The number of rotatable bonds is 3. The molecule has 2 fully saturated rings. The zero-order chi connectivity index (χ0) is 13.2. The first kappa shape index (κ1) is 13.4. The fourth-order valence-corrected chi connectivity index (χ4v) is 3.51. The Hall–Kier alpha value is -1.06. The number of hydrogen-bond acceptors (Lipinski definition) is 2. The second-order valence-corrected chi connectivity index (χ2v) is 5.69. The van der Waals surface area contributed by atoms with E-state index in [-0.39, 0.29) is 11.3 Å². The Bertz CT molecular complexity index is 334. The molecule has 18 heavy (non-hydrogen) atoms. The fraction of sp³-hybridized carbons (Fsp3) is 0.857. The molecule has 1 amide bonds. The lowest BCUT2D eigenvalue weighted by Crippen LogP contribution is -2.52. The Labute approximate surface area is 108 Å². The zero-order valence-corrected chi connectivity index (χ0v) is 11.2. The molecular formula is C14H23NO3. The monoisotopic (exact) mass is 253 g/mol. The first-order valence-electron chi connectivity index (χ1n) is 7.14. The smallest absolute Gasteiger partial charge is 0.326 e. The molecule has 102 valence electrons. The molecular weight excluding hydrogens is 230 g/mol. The summed E-state index contributed by atoms with van der Waals surface area (Å²) in [5.74, 6) is -0.734.